The summed E-state index contributed by atoms with van der Waals surface area (Å²) in [7, 11) is 3.52. The normalized spacial score (nSPS) is 17.8. The quantitative estimate of drug-likeness (QED) is 0.552. The fourth-order valence-corrected chi connectivity index (χ4v) is 3.10. The number of nitriles is 1. The van der Waals surface area contributed by atoms with Crippen LogP contribution in [0, 0.1) is 11.3 Å². The average Bonchev–Trinajstić information content (AvgIpc) is 3.18. The van der Waals surface area contributed by atoms with Crippen LogP contribution >= 0.6 is 0 Å². The molecule has 0 radical (unpaired) electrons. The summed E-state index contributed by atoms with van der Waals surface area (Å²) in [5, 5.41) is 22.4. The number of nitrogens with zero attached hydrogens (tertiary/aromatic N) is 5. The second-order valence-electron chi connectivity index (χ2n) is 6.58. The summed E-state index contributed by atoms with van der Waals surface area (Å²) in [5.41, 5.74) is 1.64. The van der Waals surface area contributed by atoms with Gasteiger partial charge < -0.3 is 20.1 Å². The Balaban J connectivity index is 1.56. The highest BCUT2D eigenvalue weighted by Gasteiger charge is 2.31. The average molecular weight is 392 g/mol. The number of aromatic amines is 1. The van der Waals surface area contributed by atoms with Gasteiger partial charge in [0.05, 0.1) is 25.2 Å². The molecule has 1 aliphatic rings. The van der Waals surface area contributed by atoms with Gasteiger partial charge in [-0.05, 0) is 26.0 Å². The highest BCUT2D eigenvalue weighted by molar-refractivity contribution is 5.74. The van der Waals surface area contributed by atoms with Crippen molar-refractivity contribution in [1.82, 2.24) is 30.5 Å². The highest BCUT2D eigenvalue weighted by atomic mass is 16.5. The largest absolute Gasteiger partial charge is 0.489 e. The van der Waals surface area contributed by atoms with E-state index in [1.807, 2.05) is 25.2 Å². The van der Waals surface area contributed by atoms with Gasteiger partial charge >= 0.3 is 0 Å². The van der Waals surface area contributed by atoms with Gasteiger partial charge in [0.2, 0.25) is 5.88 Å². The Morgan fingerprint density at radius 3 is 2.76 bits per heavy atom. The molecule has 0 unspecified atom stereocenters. The molecule has 0 bridgehead atoms. The standard InChI is InChI=1S/C19H20N8O2/c1-21-11-5-13(6-11)29-15-3-4-22-19(28-2)18(15)14-7-16(27-26-14)25-17-10-23-12(8-20)9-24-17/h3-4,7,9-11,13,21H,5-6H2,1-2H3,(H2,24,25,26,27)/t11-,13-. The molecule has 3 N–H and O–H groups in total. The molecule has 1 saturated carbocycles. The van der Waals surface area contributed by atoms with E-state index in [1.54, 1.807) is 13.3 Å². The Morgan fingerprint density at radius 1 is 1.21 bits per heavy atom. The summed E-state index contributed by atoms with van der Waals surface area (Å²) in [5.74, 6) is 2.14. The third-order valence-electron chi connectivity index (χ3n) is 4.74. The maximum Gasteiger partial charge on any atom is 0.226 e. The number of H-pyrrole nitrogens is 1. The Morgan fingerprint density at radius 2 is 2.07 bits per heavy atom. The smallest absolute Gasteiger partial charge is 0.226 e. The maximum absolute atomic E-state index is 8.81. The van der Waals surface area contributed by atoms with E-state index < -0.39 is 0 Å². The predicted octanol–water partition coefficient (Wildman–Crippen LogP) is 2.01. The topological polar surface area (TPSA) is 134 Å². The lowest BCUT2D eigenvalue weighted by molar-refractivity contribution is 0.0887. The van der Waals surface area contributed by atoms with Gasteiger partial charge in [0, 0.05) is 18.3 Å². The summed E-state index contributed by atoms with van der Waals surface area (Å²) < 4.78 is 11.6. The Labute approximate surface area is 167 Å². The fourth-order valence-electron chi connectivity index (χ4n) is 3.10. The lowest BCUT2D eigenvalue weighted by atomic mass is 9.89. The molecule has 10 heteroatoms. The number of rotatable bonds is 7. The zero-order valence-corrected chi connectivity index (χ0v) is 16.0. The van der Waals surface area contributed by atoms with Gasteiger partial charge in [-0.15, -0.1) is 0 Å². The Bertz CT molecular complexity index is 1020. The number of pyridine rings is 1. The number of nitrogens with one attached hydrogen (secondary N) is 3. The minimum absolute atomic E-state index is 0.146. The summed E-state index contributed by atoms with van der Waals surface area (Å²) in [6.07, 6.45) is 6.58. The van der Waals surface area contributed by atoms with E-state index in [4.69, 9.17) is 14.7 Å². The van der Waals surface area contributed by atoms with Crippen molar-refractivity contribution in [1.29, 1.82) is 5.26 Å². The van der Waals surface area contributed by atoms with E-state index in [0.29, 0.717) is 40.6 Å². The summed E-state index contributed by atoms with van der Waals surface area (Å²) in [6.45, 7) is 0. The first-order valence-corrected chi connectivity index (χ1v) is 9.12. The van der Waals surface area contributed by atoms with Crippen LogP contribution in [0.5, 0.6) is 11.6 Å². The van der Waals surface area contributed by atoms with Crippen LogP contribution in [0.3, 0.4) is 0 Å². The van der Waals surface area contributed by atoms with Crippen molar-refractivity contribution in [2.75, 3.05) is 19.5 Å². The van der Waals surface area contributed by atoms with Gasteiger partial charge in [-0.1, -0.05) is 0 Å². The van der Waals surface area contributed by atoms with Crippen LogP contribution in [0.25, 0.3) is 11.3 Å². The molecule has 148 valence electrons. The third-order valence-corrected chi connectivity index (χ3v) is 4.74. The molecule has 0 atom stereocenters. The van der Waals surface area contributed by atoms with Crippen molar-refractivity contribution in [2.45, 2.75) is 25.0 Å². The Hall–Kier alpha value is -3.71. The van der Waals surface area contributed by atoms with Crippen LogP contribution in [-0.4, -0.2) is 51.5 Å². The molecule has 0 aromatic carbocycles. The molecule has 29 heavy (non-hydrogen) atoms. The van der Waals surface area contributed by atoms with Gasteiger partial charge in [0.25, 0.3) is 0 Å². The molecule has 3 heterocycles. The Kier molecular flexibility index (Phi) is 5.22. The molecule has 0 aliphatic heterocycles. The van der Waals surface area contributed by atoms with Gasteiger partial charge in [-0.2, -0.15) is 10.4 Å². The van der Waals surface area contributed by atoms with Crippen molar-refractivity contribution in [3.05, 3.63) is 36.4 Å². The summed E-state index contributed by atoms with van der Waals surface area (Å²) in [6, 6.07) is 6.05. The van der Waals surface area contributed by atoms with Crippen LogP contribution in [0.15, 0.2) is 30.7 Å². The molecule has 1 aliphatic carbocycles. The number of methoxy groups -OCH3 is 1. The van der Waals surface area contributed by atoms with Crippen LogP contribution < -0.4 is 20.1 Å². The fraction of sp³-hybridized carbons (Fsp3) is 0.316. The van der Waals surface area contributed by atoms with Crippen molar-refractivity contribution in [2.24, 2.45) is 0 Å². The second kappa shape index (κ2) is 8.12. The first-order chi connectivity index (χ1) is 14.2. The van der Waals surface area contributed by atoms with Crippen molar-refractivity contribution < 1.29 is 9.47 Å². The van der Waals surface area contributed by atoms with E-state index in [9.17, 15) is 0 Å². The zero-order valence-electron chi connectivity index (χ0n) is 16.0. The first-order valence-electron chi connectivity index (χ1n) is 9.12. The van der Waals surface area contributed by atoms with E-state index in [-0.39, 0.29) is 11.8 Å². The van der Waals surface area contributed by atoms with Gasteiger partial charge in [0.15, 0.2) is 11.5 Å². The predicted molar refractivity (Wildman–Crippen MR) is 105 cm³/mol. The number of ether oxygens (including phenoxy) is 2. The van der Waals surface area contributed by atoms with E-state index in [0.717, 1.165) is 12.8 Å². The second-order valence-corrected chi connectivity index (χ2v) is 6.58. The molecule has 0 spiro atoms. The van der Waals surface area contributed by atoms with Crippen molar-refractivity contribution in [3.8, 4) is 29.0 Å². The molecular weight excluding hydrogens is 372 g/mol. The molecule has 1 fully saturated rings. The molecule has 4 rings (SSSR count). The number of aromatic nitrogens is 5. The monoisotopic (exact) mass is 392 g/mol. The minimum atomic E-state index is 0.146. The maximum atomic E-state index is 8.81. The lowest BCUT2D eigenvalue weighted by Crippen LogP contribution is -2.45. The summed E-state index contributed by atoms with van der Waals surface area (Å²) >= 11 is 0. The van der Waals surface area contributed by atoms with E-state index >= 15 is 0 Å². The van der Waals surface area contributed by atoms with Crippen molar-refractivity contribution in [3.63, 3.8) is 0 Å². The first kappa shape index (κ1) is 18.6. The SMILES string of the molecule is CN[C@H]1C[C@H](Oc2ccnc(OC)c2-c2cc(Nc3cnc(C#N)cn3)n[nH]2)C1. The van der Waals surface area contributed by atoms with Crippen LogP contribution in [0.4, 0.5) is 11.6 Å². The number of hydrogen-bond acceptors (Lipinski definition) is 9. The minimum Gasteiger partial charge on any atom is -0.489 e. The van der Waals surface area contributed by atoms with E-state index in [2.05, 4.69) is 35.8 Å². The highest BCUT2D eigenvalue weighted by Crippen LogP contribution is 2.39. The number of anilines is 2. The summed E-state index contributed by atoms with van der Waals surface area (Å²) in [4.78, 5) is 12.4. The van der Waals surface area contributed by atoms with E-state index in [1.165, 1.54) is 12.4 Å². The van der Waals surface area contributed by atoms with Crippen LogP contribution in [0.2, 0.25) is 0 Å². The molecule has 0 saturated heterocycles. The van der Waals surface area contributed by atoms with Crippen LogP contribution in [0.1, 0.15) is 18.5 Å². The van der Waals surface area contributed by atoms with Crippen molar-refractivity contribution >= 4 is 11.6 Å². The van der Waals surface area contributed by atoms with Gasteiger partial charge in [-0.25, -0.2) is 15.0 Å². The van der Waals surface area contributed by atoms with Gasteiger partial charge in [-0.3, -0.25) is 5.10 Å². The molecular formula is C19H20N8O2. The van der Waals surface area contributed by atoms with Gasteiger partial charge in [0.1, 0.15) is 29.3 Å². The zero-order chi connectivity index (χ0) is 20.2. The molecule has 0 amide bonds. The number of hydrogen-bond donors (Lipinski definition) is 3. The lowest BCUT2D eigenvalue weighted by Gasteiger charge is -2.35. The molecule has 3 aromatic rings. The third kappa shape index (κ3) is 3.95. The molecule has 3 aromatic heterocycles. The molecule has 10 nitrogen and oxygen atoms in total. The van der Waals surface area contributed by atoms with Crippen LogP contribution in [-0.2, 0) is 0 Å².